The highest BCUT2D eigenvalue weighted by Gasteiger charge is 2.19. The SMILES string of the molecule is COc1ccc(C(C)C)cc1-c1cc(C(N)=O)nc(N2CCCCC2)n1. The van der Waals surface area contributed by atoms with Gasteiger partial charge in [-0.15, -0.1) is 0 Å². The lowest BCUT2D eigenvalue weighted by Gasteiger charge is -2.27. The van der Waals surface area contributed by atoms with Crippen LogP contribution in [0.5, 0.6) is 5.75 Å². The van der Waals surface area contributed by atoms with Crippen LogP contribution in [0.15, 0.2) is 24.3 Å². The Labute approximate surface area is 154 Å². The summed E-state index contributed by atoms with van der Waals surface area (Å²) in [6, 6.07) is 7.71. The van der Waals surface area contributed by atoms with E-state index in [0.29, 0.717) is 23.3 Å². The molecule has 1 amide bonds. The van der Waals surface area contributed by atoms with Crippen LogP contribution < -0.4 is 15.4 Å². The fraction of sp³-hybridized carbons (Fsp3) is 0.450. The van der Waals surface area contributed by atoms with Gasteiger partial charge in [0.2, 0.25) is 5.95 Å². The lowest BCUT2D eigenvalue weighted by Crippen LogP contribution is -2.31. The molecule has 2 aromatic rings. The van der Waals surface area contributed by atoms with E-state index in [9.17, 15) is 4.79 Å². The molecule has 1 aromatic heterocycles. The van der Waals surface area contributed by atoms with E-state index in [-0.39, 0.29) is 5.69 Å². The average Bonchev–Trinajstić information content (AvgIpc) is 2.67. The minimum absolute atomic E-state index is 0.229. The van der Waals surface area contributed by atoms with Crippen molar-refractivity contribution in [1.29, 1.82) is 0 Å². The zero-order valence-corrected chi connectivity index (χ0v) is 15.7. The largest absolute Gasteiger partial charge is 0.496 e. The van der Waals surface area contributed by atoms with Crippen LogP contribution >= 0.6 is 0 Å². The van der Waals surface area contributed by atoms with Gasteiger partial charge in [-0.3, -0.25) is 4.79 Å². The second kappa shape index (κ2) is 7.72. The number of rotatable bonds is 5. The Balaban J connectivity index is 2.13. The van der Waals surface area contributed by atoms with Crippen molar-refractivity contribution >= 4 is 11.9 Å². The van der Waals surface area contributed by atoms with Gasteiger partial charge in [0, 0.05) is 18.7 Å². The molecule has 0 radical (unpaired) electrons. The van der Waals surface area contributed by atoms with Gasteiger partial charge in [0.1, 0.15) is 11.4 Å². The molecule has 0 aliphatic carbocycles. The quantitative estimate of drug-likeness (QED) is 0.890. The van der Waals surface area contributed by atoms with Gasteiger partial charge in [0.25, 0.3) is 5.91 Å². The number of nitrogens with two attached hydrogens (primary N) is 1. The Hall–Kier alpha value is -2.63. The van der Waals surface area contributed by atoms with Gasteiger partial charge in [-0.05, 0) is 48.9 Å². The summed E-state index contributed by atoms with van der Waals surface area (Å²) in [6.07, 6.45) is 3.42. The van der Waals surface area contributed by atoms with Crippen LogP contribution in [0.3, 0.4) is 0 Å². The van der Waals surface area contributed by atoms with Gasteiger partial charge >= 0.3 is 0 Å². The Kier molecular flexibility index (Phi) is 5.40. The molecule has 26 heavy (non-hydrogen) atoms. The van der Waals surface area contributed by atoms with Crippen LogP contribution in [0, 0.1) is 0 Å². The van der Waals surface area contributed by atoms with Crippen molar-refractivity contribution in [2.24, 2.45) is 5.73 Å². The summed E-state index contributed by atoms with van der Waals surface area (Å²) >= 11 is 0. The number of primary amides is 1. The summed E-state index contributed by atoms with van der Waals surface area (Å²) in [5.41, 5.74) is 8.45. The number of ether oxygens (including phenoxy) is 1. The maximum atomic E-state index is 11.8. The maximum absolute atomic E-state index is 11.8. The number of amides is 1. The van der Waals surface area contributed by atoms with E-state index < -0.39 is 5.91 Å². The number of nitrogens with zero attached hydrogens (tertiary/aromatic N) is 3. The van der Waals surface area contributed by atoms with E-state index >= 15 is 0 Å². The number of carbonyl (C=O) groups is 1. The summed E-state index contributed by atoms with van der Waals surface area (Å²) in [6.45, 7) is 6.06. The Bertz CT molecular complexity index is 798. The van der Waals surface area contributed by atoms with Crippen LogP contribution in [-0.4, -0.2) is 36.1 Å². The van der Waals surface area contributed by atoms with Crippen molar-refractivity contribution < 1.29 is 9.53 Å². The molecule has 0 unspecified atom stereocenters. The van der Waals surface area contributed by atoms with Crippen molar-refractivity contribution in [3.63, 3.8) is 0 Å². The number of hydrogen-bond acceptors (Lipinski definition) is 5. The lowest BCUT2D eigenvalue weighted by atomic mass is 9.98. The molecule has 1 fully saturated rings. The molecule has 1 aromatic carbocycles. The van der Waals surface area contributed by atoms with E-state index in [1.54, 1.807) is 13.2 Å². The average molecular weight is 354 g/mol. The Morgan fingerprint density at radius 3 is 2.50 bits per heavy atom. The molecule has 138 valence electrons. The van der Waals surface area contributed by atoms with Crippen molar-refractivity contribution in [3.05, 3.63) is 35.5 Å². The van der Waals surface area contributed by atoms with E-state index in [1.165, 1.54) is 12.0 Å². The minimum atomic E-state index is -0.550. The van der Waals surface area contributed by atoms with Gasteiger partial charge in [-0.1, -0.05) is 19.9 Å². The Morgan fingerprint density at radius 2 is 1.88 bits per heavy atom. The topological polar surface area (TPSA) is 81.3 Å². The van der Waals surface area contributed by atoms with Crippen molar-refractivity contribution in [3.8, 4) is 17.0 Å². The van der Waals surface area contributed by atoms with Gasteiger partial charge in [0.15, 0.2) is 0 Å². The third kappa shape index (κ3) is 3.79. The van der Waals surface area contributed by atoms with Gasteiger partial charge < -0.3 is 15.4 Å². The van der Waals surface area contributed by atoms with Gasteiger partial charge in [0.05, 0.1) is 12.8 Å². The molecule has 1 aliphatic heterocycles. The normalized spacial score (nSPS) is 14.5. The third-order valence-electron chi connectivity index (χ3n) is 4.77. The second-order valence-electron chi connectivity index (χ2n) is 6.96. The fourth-order valence-electron chi connectivity index (χ4n) is 3.22. The van der Waals surface area contributed by atoms with Crippen LogP contribution in [0.25, 0.3) is 11.3 Å². The molecule has 1 aliphatic rings. The fourth-order valence-corrected chi connectivity index (χ4v) is 3.22. The second-order valence-corrected chi connectivity index (χ2v) is 6.96. The molecule has 2 N–H and O–H groups in total. The molecule has 3 rings (SSSR count). The first-order valence-corrected chi connectivity index (χ1v) is 9.11. The van der Waals surface area contributed by atoms with Crippen LogP contribution in [0.4, 0.5) is 5.95 Å². The summed E-state index contributed by atoms with van der Waals surface area (Å²) in [5.74, 6) is 1.10. The molecule has 0 saturated carbocycles. The zero-order chi connectivity index (χ0) is 18.7. The first kappa shape index (κ1) is 18.2. The number of carbonyl (C=O) groups excluding carboxylic acids is 1. The molecule has 6 heteroatoms. The number of aromatic nitrogens is 2. The van der Waals surface area contributed by atoms with Crippen molar-refractivity contribution in [2.45, 2.75) is 39.0 Å². The van der Waals surface area contributed by atoms with Gasteiger partial charge in [-0.2, -0.15) is 0 Å². The minimum Gasteiger partial charge on any atom is -0.496 e. The summed E-state index contributed by atoms with van der Waals surface area (Å²) in [7, 11) is 1.63. The van der Waals surface area contributed by atoms with Crippen LogP contribution in [0.1, 0.15) is 55.1 Å². The number of hydrogen-bond donors (Lipinski definition) is 1. The highest BCUT2D eigenvalue weighted by Crippen LogP contribution is 2.33. The highest BCUT2D eigenvalue weighted by molar-refractivity contribution is 5.92. The van der Waals surface area contributed by atoms with Gasteiger partial charge in [-0.25, -0.2) is 9.97 Å². The number of benzene rings is 1. The molecule has 0 bridgehead atoms. The standard InChI is InChI=1S/C20H26N4O2/c1-13(2)14-7-8-18(26-3)15(11-14)16-12-17(19(21)25)23-20(22-16)24-9-5-4-6-10-24/h7-8,11-13H,4-6,9-10H2,1-3H3,(H2,21,25). The lowest BCUT2D eigenvalue weighted by molar-refractivity contribution is 0.0995. The molecule has 6 nitrogen and oxygen atoms in total. The summed E-state index contributed by atoms with van der Waals surface area (Å²) < 4.78 is 5.53. The van der Waals surface area contributed by atoms with E-state index in [4.69, 9.17) is 15.5 Å². The molecule has 1 saturated heterocycles. The molecule has 2 heterocycles. The number of methoxy groups -OCH3 is 1. The first-order chi connectivity index (χ1) is 12.5. The number of piperidine rings is 1. The summed E-state index contributed by atoms with van der Waals surface area (Å²) in [5, 5.41) is 0. The smallest absolute Gasteiger partial charge is 0.267 e. The maximum Gasteiger partial charge on any atom is 0.267 e. The van der Waals surface area contributed by atoms with Crippen molar-refractivity contribution in [2.75, 3.05) is 25.1 Å². The first-order valence-electron chi connectivity index (χ1n) is 9.11. The predicted molar refractivity (Wildman–Crippen MR) is 103 cm³/mol. The van der Waals surface area contributed by atoms with E-state index in [0.717, 1.165) is 31.5 Å². The highest BCUT2D eigenvalue weighted by atomic mass is 16.5. The molecule has 0 spiro atoms. The van der Waals surface area contributed by atoms with Crippen molar-refractivity contribution in [1.82, 2.24) is 9.97 Å². The van der Waals surface area contributed by atoms with E-state index in [1.807, 2.05) is 6.07 Å². The number of anilines is 1. The Morgan fingerprint density at radius 1 is 1.15 bits per heavy atom. The predicted octanol–water partition coefficient (Wildman–Crippen LogP) is 3.36. The monoisotopic (exact) mass is 354 g/mol. The summed E-state index contributed by atoms with van der Waals surface area (Å²) in [4.78, 5) is 23.1. The molecular formula is C20H26N4O2. The van der Waals surface area contributed by atoms with E-state index in [2.05, 4.69) is 35.9 Å². The third-order valence-corrected chi connectivity index (χ3v) is 4.77. The zero-order valence-electron chi connectivity index (χ0n) is 15.7. The van der Waals surface area contributed by atoms with Crippen LogP contribution in [-0.2, 0) is 0 Å². The molecular weight excluding hydrogens is 328 g/mol. The molecule has 0 atom stereocenters. The van der Waals surface area contributed by atoms with Crippen LogP contribution in [0.2, 0.25) is 0 Å².